The number of methoxy groups -OCH3 is 1. The van der Waals surface area contributed by atoms with E-state index in [1.165, 1.54) is 14.0 Å². The van der Waals surface area contributed by atoms with Gasteiger partial charge in [-0.15, -0.1) is 0 Å². The summed E-state index contributed by atoms with van der Waals surface area (Å²) in [4.78, 5) is 0. The highest BCUT2D eigenvalue weighted by Gasteiger charge is 2.08. The number of nitrogens with one attached hydrogen (secondary N) is 1. The molecule has 0 atom stereocenters. The summed E-state index contributed by atoms with van der Waals surface area (Å²) in [5.74, 6) is -0.516. The molecule has 1 N–H and O–H groups in total. The molecule has 0 aromatic heterocycles. The molecule has 0 aliphatic heterocycles. The molecule has 108 valence electrons. The Morgan fingerprint density at radius 1 is 1.19 bits per heavy atom. The number of halogens is 2. The molecule has 0 unspecified atom stereocenters. The molecule has 2 aromatic rings. The van der Waals surface area contributed by atoms with E-state index >= 15 is 0 Å². The lowest BCUT2D eigenvalue weighted by atomic mass is 10.1. The van der Waals surface area contributed by atoms with Crippen molar-refractivity contribution in [3.8, 4) is 11.8 Å². The number of hydrogen-bond acceptors (Lipinski definition) is 3. The largest absolute Gasteiger partial charge is 0.495 e. The zero-order valence-corrected chi connectivity index (χ0v) is 11.7. The zero-order valence-electron chi connectivity index (χ0n) is 11.7. The first kappa shape index (κ1) is 14.8. The minimum Gasteiger partial charge on any atom is -0.495 e. The van der Waals surface area contributed by atoms with Crippen molar-refractivity contribution in [2.24, 2.45) is 0 Å². The molecule has 0 aliphatic rings. The van der Waals surface area contributed by atoms with Gasteiger partial charge in [0.2, 0.25) is 0 Å². The van der Waals surface area contributed by atoms with Crippen LogP contribution in [0.1, 0.15) is 16.7 Å². The number of aryl methyl sites for hydroxylation is 1. The summed E-state index contributed by atoms with van der Waals surface area (Å²) in [6.45, 7) is 1.80. The standard InChI is InChI=1S/C16H14F2N2O/c1-10-5-14(18)15(7-13(10)17)20-9-11-3-4-12(8-19)16(6-11)21-2/h3-7,20H,9H2,1-2H3. The molecule has 5 heteroatoms. The lowest BCUT2D eigenvalue weighted by Crippen LogP contribution is -2.03. The maximum absolute atomic E-state index is 13.7. The van der Waals surface area contributed by atoms with Crippen LogP contribution >= 0.6 is 0 Å². The SMILES string of the molecule is COc1cc(CNc2cc(F)c(C)cc2F)ccc1C#N. The monoisotopic (exact) mass is 288 g/mol. The fourth-order valence-electron chi connectivity index (χ4n) is 1.92. The molecule has 0 radical (unpaired) electrons. The van der Waals surface area contributed by atoms with E-state index in [0.29, 0.717) is 17.9 Å². The molecular weight excluding hydrogens is 274 g/mol. The van der Waals surface area contributed by atoms with Gasteiger partial charge in [0, 0.05) is 12.6 Å². The van der Waals surface area contributed by atoms with Crippen LogP contribution in [0.4, 0.5) is 14.5 Å². The van der Waals surface area contributed by atoms with E-state index in [-0.39, 0.29) is 11.3 Å². The second-order valence-corrected chi connectivity index (χ2v) is 4.58. The van der Waals surface area contributed by atoms with Gasteiger partial charge in [0.15, 0.2) is 0 Å². The van der Waals surface area contributed by atoms with Crippen molar-refractivity contribution in [2.45, 2.75) is 13.5 Å². The third kappa shape index (κ3) is 3.29. The lowest BCUT2D eigenvalue weighted by molar-refractivity contribution is 0.413. The number of nitriles is 1. The van der Waals surface area contributed by atoms with Crippen LogP contribution < -0.4 is 10.1 Å². The van der Waals surface area contributed by atoms with Crippen LogP contribution in [-0.2, 0) is 6.54 Å². The number of hydrogen-bond donors (Lipinski definition) is 1. The summed E-state index contributed by atoms with van der Waals surface area (Å²) >= 11 is 0. The molecule has 3 nitrogen and oxygen atoms in total. The van der Waals surface area contributed by atoms with Crippen LogP contribution in [-0.4, -0.2) is 7.11 Å². The van der Waals surface area contributed by atoms with Crippen molar-refractivity contribution in [1.82, 2.24) is 0 Å². The normalized spacial score (nSPS) is 10.0. The van der Waals surface area contributed by atoms with Crippen molar-refractivity contribution < 1.29 is 13.5 Å². The fourth-order valence-corrected chi connectivity index (χ4v) is 1.92. The second kappa shape index (κ2) is 6.23. The van der Waals surface area contributed by atoms with Gasteiger partial charge in [-0.3, -0.25) is 0 Å². The topological polar surface area (TPSA) is 45.0 Å². The Morgan fingerprint density at radius 2 is 1.95 bits per heavy atom. The van der Waals surface area contributed by atoms with E-state index in [0.717, 1.165) is 17.7 Å². The summed E-state index contributed by atoms with van der Waals surface area (Å²) in [5.41, 5.74) is 1.58. The lowest BCUT2D eigenvalue weighted by Gasteiger charge is -2.10. The van der Waals surface area contributed by atoms with Crippen molar-refractivity contribution in [3.05, 3.63) is 58.7 Å². The summed E-state index contributed by atoms with van der Waals surface area (Å²) in [6, 6.07) is 9.34. The number of rotatable bonds is 4. The highest BCUT2D eigenvalue weighted by molar-refractivity contribution is 5.49. The average molecular weight is 288 g/mol. The fraction of sp³-hybridized carbons (Fsp3) is 0.188. The molecule has 2 aromatic carbocycles. The van der Waals surface area contributed by atoms with Gasteiger partial charge in [-0.1, -0.05) is 6.07 Å². The Kier molecular flexibility index (Phi) is 4.39. The molecule has 2 rings (SSSR count). The first-order chi connectivity index (χ1) is 10.0. The molecule has 21 heavy (non-hydrogen) atoms. The van der Waals surface area contributed by atoms with Crippen molar-refractivity contribution >= 4 is 5.69 Å². The maximum Gasteiger partial charge on any atom is 0.146 e. The molecular formula is C16H14F2N2O. The second-order valence-electron chi connectivity index (χ2n) is 4.58. The molecule has 0 aliphatic carbocycles. The first-order valence-corrected chi connectivity index (χ1v) is 6.31. The molecule has 0 amide bonds. The molecule has 0 spiro atoms. The molecule has 0 saturated heterocycles. The van der Waals surface area contributed by atoms with Crippen molar-refractivity contribution in [2.75, 3.05) is 12.4 Å². The van der Waals surface area contributed by atoms with Gasteiger partial charge < -0.3 is 10.1 Å². The Hall–Kier alpha value is -2.61. The van der Waals surface area contributed by atoms with E-state index in [4.69, 9.17) is 10.00 Å². The summed E-state index contributed by atoms with van der Waals surface area (Å²) < 4.78 is 32.2. The third-order valence-corrected chi connectivity index (χ3v) is 3.12. The van der Waals surface area contributed by atoms with E-state index in [1.807, 2.05) is 6.07 Å². The Balaban J connectivity index is 2.17. The average Bonchev–Trinajstić information content (AvgIpc) is 2.49. The van der Waals surface area contributed by atoms with Crippen LogP contribution in [0.2, 0.25) is 0 Å². The predicted octanol–water partition coefficient (Wildman–Crippen LogP) is 3.77. The van der Waals surface area contributed by atoms with Gasteiger partial charge >= 0.3 is 0 Å². The van der Waals surface area contributed by atoms with Crippen LogP contribution in [0.25, 0.3) is 0 Å². The highest BCUT2D eigenvalue weighted by Crippen LogP contribution is 2.22. The van der Waals surface area contributed by atoms with Crippen LogP contribution in [0.15, 0.2) is 30.3 Å². The maximum atomic E-state index is 13.7. The summed E-state index contributed by atoms with van der Waals surface area (Å²) in [7, 11) is 1.47. The Bertz CT molecular complexity index is 708. The van der Waals surface area contributed by atoms with Crippen LogP contribution in [0, 0.1) is 29.9 Å². The zero-order chi connectivity index (χ0) is 15.4. The molecule has 0 bridgehead atoms. The third-order valence-electron chi connectivity index (χ3n) is 3.12. The predicted molar refractivity (Wildman–Crippen MR) is 76.1 cm³/mol. The molecule has 0 heterocycles. The van der Waals surface area contributed by atoms with Gasteiger partial charge in [0.25, 0.3) is 0 Å². The minimum absolute atomic E-state index is 0.0985. The van der Waals surface area contributed by atoms with E-state index in [9.17, 15) is 8.78 Å². The van der Waals surface area contributed by atoms with Crippen LogP contribution in [0.3, 0.4) is 0 Å². The van der Waals surface area contributed by atoms with Gasteiger partial charge in [-0.2, -0.15) is 5.26 Å². The number of anilines is 1. The quantitative estimate of drug-likeness (QED) is 0.931. The Labute approximate surface area is 121 Å². The number of benzene rings is 2. The van der Waals surface area contributed by atoms with Gasteiger partial charge in [-0.05, 0) is 36.2 Å². The number of ether oxygens (including phenoxy) is 1. The molecule has 0 saturated carbocycles. The minimum atomic E-state index is -0.505. The van der Waals surface area contributed by atoms with Crippen LogP contribution in [0.5, 0.6) is 5.75 Å². The van der Waals surface area contributed by atoms with Gasteiger partial charge in [-0.25, -0.2) is 8.78 Å². The van der Waals surface area contributed by atoms with Crippen molar-refractivity contribution in [3.63, 3.8) is 0 Å². The van der Waals surface area contributed by atoms with E-state index < -0.39 is 11.6 Å². The summed E-state index contributed by atoms with van der Waals surface area (Å²) in [6.07, 6.45) is 0. The van der Waals surface area contributed by atoms with Gasteiger partial charge in [0.05, 0.1) is 18.4 Å². The number of nitrogens with zero attached hydrogens (tertiary/aromatic N) is 1. The highest BCUT2D eigenvalue weighted by atomic mass is 19.1. The Morgan fingerprint density at radius 3 is 2.62 bits per heavy atom. The summed E-state index contributed by atoms with van der Waals surface area (Å²) in [5, 5.41) is 11.7. The first-order valence-electron chi connectivity index (χ1n) is 6.31. The van der Waals surface area contributed by atoms with Gasteiger partial charge in [0.1, 0.15) is 23.5 Å². The molecule has 0 fully saturated rings. The smallest absolute Gasteiger partial charge is 0.146 e. The van der Waals surface area contributed by atoms with E-state index in [1.54, 1.807) is 18.2 Å². The van der Waals surface area contributed by atoms with Crippen molar-refractivity contribution in [1.29, 1.82) is 5.26 Å². The van der Waals surface area contributed by atoms with E-state index in [2.05, 4.69) is 5.32 Å².